The highest BCUT2D eigenvalue weighted by Gasteiger charge is 2.38. The van der Waals surface area contributed by atoms with Gasteiger partial charge in [0.25, 0.3) is 0 Å². The Hall–Kier alpha value is -0.120. The van der Waals surface area contributed by atoms with Crippen molar-refractivity contribution in [2.75, 3.05) is 33.7 Å². The van der Waals surface area contributed by atoms with E-state index in [1.807, 2.05) is 0 Å². The summed E-state index contributed by atoms with van der Waals surface area (Å²) in [5, 5.41) is 0. The first-order chi connectivity index (χ1) is 8.18. The fraction of sp³-hybridized carbons (Fsp3) is 1.00. The van der Waals surface area contributed by atoms with Crippen molar-refractivity contribution in [3.8, 4) is 0 Å². The van der Waals surface area contributed by atoms with Crippen LogP contribution in [0.4, 0.5) is 0 Å². The van der Waals surface area contributed by atoms with E-state index in [1.165, 1.54) is 58.0 Å². The molecule has 2 N–H and O–H groups in total. The van der Waals surface area contributed by atoms with E-state index < -0.39 is 0 Å². The lowest BCUT2D eigenvalue weighted by atomic mass is 9.85. The highest BCUT2D eigenvalue weighted by Crippen LogP contribution is 2.30. The first-order valence-corrected chi connectivity index (χ1v) is 7.29. The summed E-state index contributed by atoms with van der Waals surface area (Å²) in [5.74, 6) is 0. The third kappa shape index (κ3) is 2.83. The predicted octanol–water partition coefficient (Wildman–Crippen LogP) is 1.67. The molecule has 2 aliphatic rings. The van der Waals surface area contributed by atoms with Gasteiger partial charge in [0, 0.05) is 24.7 Å². The van der Waals surface area contributed by atoms with Gasteiger partial charge in [0.15, 0.2) is 0 Å². The summed E-state index contributed by atoms with van der Waals surface area (Å²) in [6, 6.07) is 0.843. The molecule has 1 saturated carbocycles. The number of hydrogen-bond donors (Lipinski definition) is 1. The summed E-state index contributed by atoms with van der Waals surface area (Å²) in [4.78, 5) is 5.09. The van der Waals surface area contributed by atoms with Gasteiger partial charge in [-0.25, -0.2) is 0 Å². The molecule has 1 saturated heterocycles. The Morgan fingerprint density at radius 1 is 1.18 bits per heavy atom. The first kappa shape index (κ1) is 13.3. The molecule has 0 amide bonds. The van der Waals surface area contributed by atoms with E-state index in [4.69, 9.17) is 5.73 Å². The second-order valence-corrected chi connectivity index (χ2v) is 6.19. The average molecular weight is 239 g/mol. The molecular weight excluding hydrogens is 210 g/mol. The molecule has 3 nitrogen and oxygen atoms in total. The molecule has 1 aliphatic carbocycles. The minimum Gasteiger partial charge on any atom is -0.329 e. The lowest BCUT2D eigenvalue weighted by molar-refractivity contribution is 0.0187. The SMILES string of the molecule is CN(C)C1(CN)CCCN(C2CCCCC2)C1. The Morgan fingerprint density at radius 3 is 2.47 bits per heavy atom. The molecule has 100 valence electrons. The number of rotatable bonds is 3. The fourth-order valence-electron chi connectivity index (χ4n) is 3.62. The van der Waals surface area contributed by atoms with Crippen LogP contribution in [0.2, 0.25) is 0 Å². The van der Waals surface area contributed by atoms with Gasteiger partial charge in [0.2, 0.25) is 0 Å². The summed E-state index contributed by atoms with van der Waals surface area (Å²) < 4.78 is 0. The van der Waals surface area contributed by atoms with Crippen LogP contribution in [0.1, 0.15) is 44.9 Å². The van der Waals surface area contributed by atoms with Gasteiger partial charge in [-0.05, 0) is 46.3 Å². The van der Waals surface area contributed by atoms with Crippen molar-refractivity contribution in [1.29, 1.82) is 0 Å². The van der Waals surface area contributed by atoms with E-state index in [1.54, 1.807) is 0 Å². The topological polar surface area (TPSA) is 32.5 Å². The van der Waals surface area contributed by atoms with Gasteiger partial charge in [-0.2, -0.15) is 0 Å². The monoisotopic (exact) mass is 239 g/mol. The van der Waals surface area contributed by atoms with E-state index >= 15 is 0 Å². The van der Waals surface area contributed by atoms with Crippen LogP contribution in [0.25, 0.3) is 0 Å². The van der Waals surface area contributed by atoms with Crippen LogP contribution in [0.3, 0.4) is 0 Å². The molecule has 2 rings (SSSR count). The largest absolute Gasteiger partial charge is 0.329 e. The van der Waals surface area contributed by atoms with Crippen molar-refractivity contribution < 1.29 is 0 Å². The zero-order valence-electron chi connectivity index (χ0n) is 11.6. The first-order valence-electron chi connectivity index (χ1n) is 7.29. The molecule has 0 aromatic carbocycles. The number of piperidine rings is 1. The van der Waals surface area contributed by atoms with Crippen molar-refractivity contribution in [3.63, 3.8) is 0 Å². The van der Waals surface area contributed by atoms with Crippen LogP contribution in [-0.4, -0.2) is 55.1 Å². The maximum absolute atomic E-state index is 6.06. The van der Waals surface area contributed by atoms with E-state index in [2.05, 4.69) is 23.9 Å². The van der Waals surface area contributed by atoms with Gasteiger partial charge in [0.05, 0.1) is 0 Å². The molecule has 0 aromatic rings. The van der Waals surface area contributed by atoms with Crippen molar-refractivity contribution >= 4 is 0 Å². The predicted molar refractivity (Wildman–Crippen MR) is 73.2 cm³/mol. The van der Waals surface area contributed by atoms with E-state index in [-0.39, 0.29) is 5.54 Å². The van der Waals surface area contributed by atoms with Gasteiger partial charge in [-0.1, -0.05) is 19.3 Å². The molecular formula is C14H29N3. The zero-order valence-corrected chi connectivity index (χ0v) is 11.6. The minimum absolute atomic E-state index is 0.232. The van der Waals surface area contributed by atoms with E-state index in [0.717, 1.165) is 12.6 Å². The quantitative estimate of drug-likeness (QED) is 0.813. The number of nitrogens with zero attached hydrogens (tertiary/aromatic N) is 2. The normalized spacial score (nSPS) is 33.2. The minimum atomic E-state index is 0.232. The van der Waals surface area contributed by atoms with Crippen molar-refractivity contribution in [3.05, 3.63) is 0 Å². The number of nitrogens with two attached hydrogens (primary N) is 1. The lowest BCUT2D eigenvalue weighted by Crippen LogP contribution is -2.62. The Labute approximate surface area is 106 Å². The van der Waals surface area contributed by atoms with Crippen LogP contribution >= 0.6 is 0 Å². The molecule has 17 heavy (non-hydrogen) atoms. The third-order valence-corrected chi connectivity index (χ3v) is 5.00. The van der Waals surface area contributed by atoms with Crippen LogP contribution in [0, 0.1) is 0 Å². The molecule has 3 heteroatoms. The summed E-state index contributed by atoms with van der Waals surface area (Å²) in [7, 11) is 4.38. The van der Waals surface area contributed by atoms with Gasteiger partial charge in [-0.3, -0.25) is 4.90 Å². The molecule has 1 aliphatic heterocycles. The van der Waals surface area contributed by atoms with Crippen molar-refractivity contribution in [2.45, 2.75) is 56.5 Å². The van der Waals surface area contributed by atoms with Crippen LogP contribution < -0.4 is 5.73 Å². The Bertz CT molecular complexity index is 236. The molecule has 0 bridgehead atoms. The van der Waals surface area contributed by atoms with Gasteiger partial charge < -0.3 is 10.6 Å². The fourth-order valence-corrected chi connectivity index (χ4v) is 3.62. The molecule has 1 unspecified atom stereocenters. The summed E-state index contributed by atoms with van der Waals surface area (Å²) in [5.41, 5.74) is 6.29. The molecule has 2 fully saturated rings. The van der Waals surface area contributed by atoms with Gasteiger partial charge in [-0.15, -0.1) is 0 Å². The van der Waals surface area contributed by atoms with Crippen LogP contribution in [-0.2, 0) is 0 Å². The molecule has 0 spiro atoms. The molecule has 0 aromatic heterocycles. The Balaban J connectivity index is 2.00. The highest BCUT2D eigenvalue weighted by atomic mass is 15.3. The van der Waals surface area contributed by atoms with Gasteiger partial charge >= 0.3 is 0 Å². The molecule has 1 heterocycles. The van der Waals surface area contributed by atoms with Crippen LogP contribution in [0.15, 0.2) is 0 Å². The summed E-state index contributed by atoms with van der Waals surface area (Å²) in [6.07, 6.45) is 9.70. The lowest BCUT2D eigenvalue weighted by Gasteiger charge is -2.49. The smallest absolute Gasteiger partial charge is 0.0453 e. The third-order valence-electron chi connectivity index (χ3n) is 5.00. The van der Waals surface area contributed by atoms with E-state index in [0.29, 0.717) is 0 Å². The zero-order chi connectivity index (χ0) is 12.3. The van der Waals surface area contributed by atoms with Crippen molar-refractivity contribution in [2.24, 2.45) is 5.73 Å². The number of likely N-dealkylation sites (tertiary alicyclic amines) is 1. The Morgan fingerprint density at radius 2 is 1.88 bits per heavy atom. The highest BCUT2D eigenvalue weighted by molar-refractivity contribution is 4.97. The number of likely N-dealkylation sites (N-methyl/N-ethyl adjacent to an activating group) is 1. The van der Waals surface area contributed by atoms with E-state index in [9.17, 15) is 0 Å². The molecule has 0 radical (unpaired) electrons. The Kier molecular flexibility index (Phi) is 4.45. The van der Waals surface area contributed by atoms with Crippen LogP contribution in [0.5, 0.6) is 0 Å². The summed E-state index contributed by atoms with van der Waals surface area (Å²) >= 11 is 0. The standard InChI is InChI=1S/C14H29N3/c1-16(2)14(11-15)9-6-10-17(12-14)13-7-4-3-5-8-13/h13H,3-12,15H2,1-2H3. The van der Waals surface area contributed by atoms with Crippen molar-refractivity contribution in [1.82, 2.24) is 9.80 Å². The second kappa shape index (κ2) is 5.68. The maximum Gasteiger partial charge on any atom is 0.0453 e. The molecule has 1 atom stereocenters. The summed E-state index contributed by atoms with van der Waals surface area (Å²) in [6.45, 7) is 3.27. The maximum atomic E-state index is 6.06. The van der Waals surface area contributed by atoms with Gasteiger partial charge in [0.1, 0.15) is 0 Å². The number of hydrogen-bond acceptors (Lipinski definition) is 3. The average Bonchev–Trinajstić information content (AvgIpc) is 2.39. The second-order valence-electron chi connectivity index (χ2n) is 6.19.